The van der Waals surface area contributed by atoms with E-state index in [1.807, 2.05) is 36.4 Å². The Morgan fingerprint density at radius 3 is 1.33 bits per heavy atom. The van der Waals surface area contributed by atoms with Crippen molar-refractivity contribution in [2.75, 3.05) is 65.5 Å². The highest BCUT2D eigenvalue weighted by molar-refractivity contribution is 5.93. The summed E-state index contributed by atoms with van der Waals surface area (Å²) in [6.07, 6.45) is 0. The van der Waals surface area contributed by atoms with E-state index in [2.05, 4.69) is 30.6 Å². The Balaban J connectivity index is 1.72. The summed E-state index contributed by atoms with van der Waals surface area (Å²) in [5.74, 6) is 3.07. The predicted molar refractivity (Wildman–Crippen MR) is 154 cm³/mol. The van der Waals surface area contributed by atoms with Crippen LogP contribution in [0.25, 0.3) is 11.0 Å². The molecule has 0 bridgehead atoms. The SMILES string of the molecule is COc1ccc(CNc2nc(OCCO)nc3c(NCc4ccc(OC)c(OC)c4)nc(OCCO)nc23)cc1OC. The number of benzene rings is 2. The molecule has 0 saturated heterocycles. The van der Waals surface area contributed by atoms with Crippen LogP contribution in [0, 0.1) is 0 Å². The third-order valence-corrected chi connectivity index (χ3v) is 5.96. The van der Waals surface area contributed by atoms with Gasteiger partial charge in [0.25, 0.3) is 0 Å². The van der Waals surface area contributed by atoms with Gasteiger partial charge >= 0.3 is 12.0 Å². The number of aliphatic hydroxyl groups is 2. The molecule has 4 N–H and O–H groups in total. The molecule has 4 aromatic rings. The number of hydrogen-bond acceptors (Lipinski definition) is 14. The van der Waals surface area contributed by atoms with Gasteiger partial charge in [-0.1, -0.05) is 12.1 Å². The number of aliphatic hydroxyl groups excluding tert-OH is 2. The van der Waals surface area contributed by atoms with Gasteiger partial charge in [-0.15, -0.1) is 0 Å². The lowest BCUT2D eigenvalue weighted by Gasteiger charge is -2.15. The summed E-state index contributed by atoms with van der Waals surface area (Å²) in [7, 11) is 6.28. The first-order chi connectivity index (χ1) is 20.5. The van der Waals surface area contributed by atoms with Gasteiger partial charge in [-0.3, -0.25) is 0 Å². The van der Waals surface area contributed by atoms with E-state index in [0.29, 0.717) is 58.8 Å². The van der Waals surface area contributed by atoms with E-state index < -0.39 is 0 Å². The number of anilines is 2. The maximum atomic E-state index is 9.31. The number of hydrogen-bond donors (Lipinski definition) is 4. The molecule has 2 aromatic heterocycles. The number of ether oxygens (including phenoxy) is 6. The Bertz CT molecular complexity index is 1380. The van der Waals surface area contributed by atoms with Crippen molar-refractivity contribution in [1.29, 1.82) is 0 Å². The highest BCUT2D eigenvalue weighted by Gasteiger charge is 2.18. The Morgan fingerprint density at radius 2 is 0.976 bits per heavy atom. The van der Waals surface area contributed by atoms with Gasteiger partial charge in [0.1, 0.15) is 24.2 Å². The van der Waals surface area contributed by atoms with Gasteiger partial charge in [-0.25, -0.2) is 0 Å². The molecule has 2 aromatic carbocycles. The minimum absolute atomic E-state index is 0.00637. The zero-order valence-electron chi connectivity index (χ0n) is 23.8. The maximum absolute atomic E-state index is 9.31. The summed E-state index contributed by atoms with van der Waals surface area (Å²) >= 11 is 0. The summed E-state index contributed by atoms with van der Waals surface area (Å²) < 4.78 is 32.6. The van der Waals surface area contributed by atoms with Crippen LogP contribution >= 0.6 is 0 Å². The fraction of sp³-hybridized carbons (Fsp3) is 0.357. The summed E-state index contributed by atoms with van der Waals surface area (Å²) in [5, 5.41) is 25.2. The molecule has 42 heavy (non-hydrogen) atoms. The van der Waals surface area contributed by atoms with E-state index in [4.69, 9.17) is 28.4 Å². The molecular weight excluding hydrogens is 548 g/mol. The van der Waals surface area contributed by atoms with E-state index in [0.717, 1.165) is 11.1 Å². The number of rotatable bonds is 16. The molecular formula is C28H34N6O8. The van der Waals surface area contributed by atoms with Gasteiger partial charge in [0.15, 0.2) is 34.6 Å². The monoisotopic (exact) mass is 582 g/mol. The molecule has 0 spiro atoms. The molecule has 14 nitrogen and oxygen atoms in total. The standard InChI is InChI=1S/C28H34N6O8/c1-37-19-7-5-17(13-21(19)39-3)15-29-25-23-24(32-27(33-25)41-11-9-35)26(34-28(31-23)42-12-10-36)30-16-18-6-8-20(38-2)22(14-18)40-4/h5-8,13-14,35-36H,9-12,15-16H2,1-4H3,(H,29,32,33)(H,30,31,34). The molecule has 0 unspecified atom stereocenters. The lowest BCUT2D eigenvalue weighted by Crippen LogP contribution is -2.12. The van der Waals surface area contributed by atoms with Crippen molar-refractivity contribution in [1.82, 2.24) is 19.9 Å². The number of methoxy groups -OCH3 is 4. The average molecular weight is 583 g/mol. The third kappa shape index (κ3) is 7.27. The van der Waals surface area contributed by atoms with Crippen LogP contribution in [-0.4, -0.2) is 85.0 Å². The van der Waals surface area contributed by atoms with Crippen LogP contribution in [0.15, 0.2) is 36.4 Å². The molecule has 0 atom stereocenters. The van der Waals surface area contributed by atoms with Gasteiger partial charge in [0.2, 0.25) is 0 Å². The van der Waals surface area contributed by atoms with E-state index in [1.54, 1.807) is 28.4 Å². The van der Waals surface area contributed by atoms with Crippen molar-refractivity contribution >= 4 is 22.7 Å². The molecule has 4 rings (SSSR count). The van der Waals surface area contributed by atoms with Crippen LogP contribution < -0.4 is 39.1 Å². The lowest BCUT2D eigenvalue weighted by molar-refractivity contribution is 0.191. The zero-order chi connectivity index (χ0) is 29.9. The number of fused-ring (bicyclic) bond motifs is 1. The zero-order valence-corrected chi connectivity index (χ0v) is 23.8. The molecule has 0 aliphatic rings. The van der Waals surface area contributed by atoms with E-state index >= 15 is 0 Å². The second kappa shape index (κ2) is 14.7. The molecule has 0 aliphatic carbocycles. The first kappa shape index (κ1) is 30.1. The van der Waals surface area contributed by atoms with Crippen LogP contribution in [0.3, 0.4) is 0 Å². The average Bonchev–Trinajstić information content (AvgIpc) is 3.03. The van der Waals surface area contributed by atoms with Crippen molar-refractivity contribution in [3.05, 3.63) is 47.5 Å². The molecule has 0 radical (unpaired) electrons. The van der Waals surface area contributed by atoms with Crippen molar-refractivity contribution in [3.8, 4) is 35.0 Å². The first-order valence-electron chi connectivity index (χ1n) is 13.0. The second-order valence-electron chi connectivity index (χ2n) is 8.64. The van der Waals surface area contributed by atoms with Gasteiger partial charge in [-0.2, -0.15) is 19.9 Å². The summed E-state index contributed by atoms with van der Waals surface area (Å²) in [6, 6.07) is 11.1. The molecule has 0 aliphatic heterocycles. The van der Waals surface area contributed by atoms with E-state index in [-0.39, 0.29) is 38.4 Å². The van der Waals surface area contributed by atoms with Gasteiger partial charge in [0.05, 0.1) is 41.7 Å². The number of aromatic nitrogens is 4. The van der Waals surface area contributed by atoms with Crippen LogP contribution in [0.4, 0.5) is 11.6 Å². The van der Waals surface area contributed by atoms with Gasteiger partial charge in [-0.05, 0) is 35.4 Å². The minimum Gasteiger partial charge on any atom is -0.493 e. The summed E-state index contributed by atoms with van der Waals surface area (Å²) in [4.78, 5) is 18.0. The van der Waals surface area contributed by atoms with Crippen LogP contribution in [0.1, 0.15) is 11.1 Å². The molecule has 224 valence electrons. The summed E-state index contributed by atoms with van der Waals surface area (Å²) in [5.41, 5.74) is 2.47. The third-order valence-electron chi connectivity index (χ3n) is 5.96. The normalized spacial score (nSPS) is 10.7. The predicted octanol–water partition coefficient (Wildman–Crippen LogP) is 2.42. The summed E-state index contributed by atoms with van der Waals surface area (Å²) in [6.45, 7) is 0.241. The van der Waals surface area contributed by atoms with Crippen molar-refractivity contribution in [3.63, 3.8) is 0 Å². The molecule has 14 heteroatoms. The Morgan fingerprint density at radius 1 is 0.571 bits per heavy atom. The van der Waals surface area contributed by atoms with Crippen LogP contribution in [-0.2, 0) is 13.1 Å². The van der Waals surface area contributed by atoms with Crippen LogP contribution in [0.2, 0.25) is 0 Å². The van der Waals surface area contributed by atoms with E-state index in [9.17, 15) is 10.2 Å². The first-order valence-corrected chi connectivity index (χ1v) is 13.0. The maximum Gasteiger partial charge on any atom is 0.319 e. The molecule has 0 fully saturated rings. The highest BCUT2D eigenvalue weighted by Crippen LogP contribution is 2.32. The minimum atomic E-state index is -0.218. The smallest absolute Gasteiger partial charge is 0.319 e. The fourth-order valence-corrected chi connectivity index (χ4v) is 3.98. The second-order valence-corrected chi connectivity index (χ2v) is 8.64. The molecule has 2 heterocycles. The highest BCUT2D eigenvalue weighted by atomic mass is 16.5. The Labute approximate surface area is 242 Å². The van der Waals surface area contributed by atoms with Crippen molar-refractivity contribution in [2.45, 2.75) is 13.1 Å². The topological polar surface area (TPSA) is 171 Å². The van der Waals surface area contributed by atoms with Crippen molar-refractivity contribution in [2.24, 2.45) is 0 Å². The fourth-order valence-electron chi connectivity index (χ4n) is 3.98. The van der Waals surface area contributed by atoms with Crippen LogP contribution in [0.5, 0.6) is 35.0 Å². The van der Waals surface area contributed by atoms with Gasteiger partial charge in [0, 0.05) is 13.1 Å². The van der Waals surface area contributed by atoms with Gasteiger partial charge < -0.3 is 49.3 Å². The lowest BCUT2D eigenvalue weighted by atomic mass is 10.2. The largest absolute Gasteiger partial charge is 0.493 e. The number of nitrogens with one attached hydrogen (secondary N) is 2. The molecule has 0 amide bonds. The molecule has 0 saturated carbocycles. The quantitative estimate of drug-likeness (QED) is 0.152. The van der Waals surface area contributed by atoms with E-state index in [1.165, 1.54) is 0 Å². The van der Waals surface area contributed by atoms with Crippen molar-refractivity contribution < 1.29 is 38.6 Å². The Kier molecular flexibility index (Phi) is 10.6. The Hall–Kier alpha value is -4.82. The number of nitrogens with zero attached hydrogens (tertiary/aromatic N) is 4.